The molecule has 1 heterocycles. The molecule has 2 rings (SSSR count). The van der Waals surface area contributed by atoms with Crippen LogP contribution in [0.4, 0.5) is 0 Å². The van der Waals surface area contributed by atoms with Crippen LogP contribution in [0.5, 0.6) is 0 Å². The van der Waals surface area contributed by atoms with Crippen molar-refractivity contribution in [3.63, 3.8) is 0 Å². The van der Waals surface area contributed by atoms with Gasteiger partial charge in [0, 0.05) is 23.6 Å². The van der Waals surface area contributed by atoms with Gasteiger partial charge >= 0.3 is 0 Å². The molecule has 1 aromatic carbocycles. The highest BCUT2D eigenvalue weighted by molar-refractivity contribution is 9.10. The standard InChI is InChI=1S/C14H19BrN2O/c1-17(10-11-5-7-16-8-6-11)14(18)12-3-2-4-13(15)9-12/h2-4,9,11,16H,5-8,10H2,1H3. The van der Waals surface area contributed by atoms with E-state index in [0.29, 0.717) is 5.92 Å². The topological polar surface area (TPSA) is 32.3 Å². The number of nitrogens with one attached hydrogen (secondary N) is 1. The molecule has 0 atom stereocenters. The lowest BCUT2D eigenvalue weighted by Crippen LogP contribution is -2.37. The second-order valence-electron chi connectivity index (χ2n) is 4.89. The SMILES string of the molecule is CN(CC1CCNCC1)C(=O)c1cccc(Br)c1. The minimum atomic E-state index is 0.106. The molecule has 1 amide bonds. The van der Waals surface area contributed by atoms with Crippen LogP contribution in [0.2, 0.25) is 0 Å². The van der Waals surface area contributed by atoms with Crippen LogP contribution in [-0.4, -0.2) is 37.5 Å². The molecular weight excluding hydrogens is 292 g/mol. The van der Waals surface area contributed by atoms with E-state index in [1.807, 2.05) is 36.2 Å². The predicted octanol–water partition coefficient (Wildman–Crippen LogP) is 2.52. The summed E-state index contributed by atoms with van der Waals surface area (Å²) in [6, 6.07) is 7.58. The number of halogens is 1. The molecule has 3 nitrogen and oxygen atoms in total. The monoisotopic (exact) mass is 310 g/mol. The van der Waals surface area contributed by atoms with Gasteiger partial charge in [-0.3, -0.25) is 4.79 Å². The lowest BCUT2D eigenvalue weighted by Gasteiger charge is -2.27. The van der Waals surface area contributed by atoms with Crippen LogP contribution in [0, 0.1) is 5.92 Å². The van der Waals surface area contributed by atoms with Crippen LogP contribution >= 0.6 is 15.9 Å². The Morgan fingerprint density at radius 3 is 2.83 bits per heavy atom. The van der Waals surface area contributed by atoms with Crippen LogP contribution in [0.25, 0.3) is 0 Å². The van der Waals surface area contributed by atoms with Gasteiger partial charge in [-0.25, -0.2) is 0 Å². The molecule has 18 heavy (non-hydrogen) atoms. The highest BCUT2D eigenvalue weighted by Crippen LogP contribution is 2.16. The highest BCUT2D eigenvalue weighted by atomic mass is 79.9. The first-order valence-corrected chi connectivity index (χ1v) is 7.18. The summed E-state index contributed by atoms with van der Waals surface area (Å²) >= 11 is 3.40. The van der Waals surface area contributed by atoms with Gasteiger partial charge in [-0.05, 0) is 50.0 Å². The van der Waals surface area contributed by atoms with Crippen molar-refractivity contribution in [1.82, 2.24) is 10.2 Å². The van der Waals surface area contributed by atoms with Crippen LogP contribution in [0.3, 0.4) is 0 Å². The summed E-state index contributed by atoms with van der Waals surface area (Å²) in [5.41, 5.74) is 0.751. The lowest BCUT2D eigenvalue weighted by atomic mass is 9.97. The third-order valence-corrected chi connectivity index (χ3v) is 3.90. The Kier molecular flexibility index (Phi) is 4.78. The Bertz CT molecular complexity index is 416. The average Bonchev–Trinajstić information content (AvgIpc) is 2.39. The molecule has 0 radical (unpaired) electrons. The smallest absolute Gasteiger partial charge is 0.253 e. The molecular formula is C14H19BrN2O. The number of hydrogen-bond donors (Lipinski definition) is 1. The van der Waals surface area contributed by atoms with Gasteiger partial charge in [-0.2, -0.15) is 0 Å². The summed E-state index contributed by atoms with van der Waals surface area (Å²) in [4.78, 5) is 14.1. The van der Waals surface area contributed by atoms with Crippen molar-refractivity contribution in [3.8, 4) is 0 Å². The number of carbonyl (C=O) groups is 1. The Labute approximate surface area is 117 Å². The van der Waals surface area contributed by atoms with Crippen LogP contribution < -0.4 is 5.32 Å². The van der Waals surface area contributed by atoms with Crippen molar-refractivity contribution in [2.75, 3.05) is 26.7 Å². The molecule has 1 aliphatic heterocycles. The molecule has 0 aliphatic carbocycles. The summed E-state index contributed by atoms with van der Waals surface area (Å²) in [5.74, 6) is 0.738. The summed E-state index contributed by atoms with van der Waals surface area (Å²) in [6.07, 6.45) is 2.33. The Morgan fingerprint density at radius 2 is 2.17 bits per heavy atom. The second-order valence-corrected chi connectivity index (χ2v) is 5.81. The predicted molar refractivity (Wildman–Crippen MR) is 76.7 cm³/mol. The minimum absolute atomic E-state index is 0.106. The normalized spacial score (nSPS) is 16.6. The number of benzene rings is 1. The molecule has 98 valence electrons. The van der Waals surface area contributed by atoms with Crippen molar-refractivity contribution in [2.45, 2.75) is 12.8 Å². The van der Waals surface area contributed by atoms with E-state index in [1.54, 1.807) is 0 Å². The first kappa shape index (κ1) is 13.6. The molecule has 1 saturated heterocycles. The van der Waals surface area contributed by atoms with E-state index in [0.717, 1.165) is 42.5 Å². The maximum atomic E-state index is 12.3. The van der Waals surface area contributed by atoms with E-state index in [1.165, 1.54) is 0 Å². The molecule has 0 aromatic heterocycles. The van der Waals surface area contributed by atoms with Gasteiger partial charge in [-0.15, -0.1) is 0 Å². The Balaban J connectivity index is 1.95. The van der Waals surface area contributed by atoms with Crippen molar-refractivity contribution in [1.29, 1.82) is 0 Å². The zero-order chi connectivity index (χ0) is 13.0. The molecule has 4 heteroatoms. The van der Waals surface area contributed by atoms with Gasteiger partial charge in [0.05, 0.1) is 0 Å². The second kappa shape index (κ2) is 6.34. The number of rotatable bonds is 3. The van der Waals surface area contributed by atoms with Crippen LogP contribution in [-0.2, 0) is 0 Å². The molecule has 0 unspecified atom stereocenters. The number of nitrogens with zero attached hydrogens (tertiary/aromatic N) is 1. The van der Waals surface area contributed by atoms with E-state index in [4.69, 9.17) is 0 Å². The molecule has 1 aliphatic rings. The molecule has 1 aromatic rings. The van der Waals surface area contributed by atoms with Crippen molar-refractivity contribution in [3.05, 3.63) is 34.3 Å². The van der Waals surface area contributed by atoms with Gasteiger partial charge in [0.25, 0.3) is 5.91 Å². The third-order valence-electron chi connectivity index (χ3n) is 3.41. The summed E-state index contributed by atoms with van der Waals surface area (Å²) in [5, 5.41) is 3.35. The first-order valence-electron chi connectivity index (χ1n) is 6.38. The summed E-state index contributed by atoms with van der Waals surface area (Å²) < 4.78 is 0.948. The third kappa shape index (κ3) is 3.56. The fourth-order valence-electron chi connectivity index (χ4n) is 2.38. The quantitative estimate of drug-likeness (QED) is 0.930. The van der Waals surface area contributed by atoms with E-state index in [-0.39, 0.29) is 5.91 Å². The number of carbonyl (C=O) groups excluding carboxylic acids is 1. The minimum Gasteiger partial charge on any atom is -0.341 e. The van der Waals surface area contributed by atoms with Crippen LogP contribution in [0.15, 0.2) is 28.7 Å². The van der Waals surface area contributed by atoms with Crippen molar-refractivity contribution < 1.29 is 4.79 Å². The maximum absolute atomic E-state index is 12.3. The maximum Gasteiger partial charge on any atom is 0.253 e. The number of amides is 1. The molecule has 0 bridgehead atoms. The molecule has 0 spiro atoms. The zero-order valence-corrected chi connectivity index (χ0v) is 12.2. The highest BCUT2D eigenvalue weighted by Gasteiger charge is 2.18. The average molecular weight is 311 g/mol. The van der Waals surface area contributed by atoms with E-state index in [2.05, 4.69) is 21.2 Å². The van der Waals surface area contributed by atoms with E-state index >= 15 is 0 Å². The van der Waals surface area contributed by atoms with Crippen molar-refractivity contribution >= 4 is 21.8 Å². The number of hydrogen-bond acceptors (Lipinski definition) is 2. The largest absolute Gasteiger partial charge is 0.341 e. The Morgan fingerprint density at radius 1 is 1.44 bits per heavy atom. The van der Waals surface area contributed by atoms with Gasteiger partial charge in [0.2, 0.25) is 0 Å². The zero-order valence-electron chi connectivity index (χ0n) is 10.7. The van der Waals surface area contributed by atoms with E-state index in [9.17, 15) is 4.79 Å². The van der Waals surface area contributed by atoms with Gasteiger partial charge < -0.3 is 10.2 Å². The fourth-order valence-corrected chi connectivity index (χ4v) is 2.78. The molecule has 1 N–H and O–H groups in total. The fraction of sp³-hybridized carbons (Fsp3) is 0.500. The first-order chi connectivity index (χ1) is 8.66. The van der Waals surface area contributed by atoms with Crippen molar-refractivity contribution in [2.24, 2.45) is 5.92 Å². The van der Waals surface area contributed by atoms with Gasteiger partial charge in [0.1, 0.15) is 0 Å². The lowest BCUT2D eigenvalue weighted by molar-refractivity contribution is 0.0762. The van der Waals surface area contributed by atoms with Crippen LogP contribution in [0.1, 0.15) is 23.2 Å². The Hall–Kier alpha value is -0.870. The van der Waals surface area contributed by atoms with Gasteiger partial charge in [0.15, 0.2) is 0 Å². The molecule has 1 fully saturated rings. The number of piperidine rings is 1. The summed E-state index contributed by atoms with van der Waals surface area (Å²) in [6.45, 7) is 3.00. The van der Waals surface area contributed by atoms with Gasteiger partial charge in [-0.1, -0.05) is 22.0 Å². The van der Waals surface area contributed by atoms with E-state index < -0.39 is 0 Å². The summed E-state index contributed by atoms with van der Waals surface area (Å²) in [7, 11) is 1.89. The molecule has 0 saturated carbocycles.